The number of thioether (sulfide) groups is 1. The molecule has 0 saturated carbocycles. The van der Waals surface area contributed by atoms with E-state index >= 15 is 0 Å². The van der Waals surface area contributed by atoms with Crippen molar-refractivity contribution in [3.63, 3.8) is 0 Å². The third kappa shape index (κ3) is 5.36. The molecule has 2 amide bonds. The molecule has 7 heteroatoms. The fourth-order valence-corrected chi connectivity index (χ4v) is 4.67. The summed E-state index contributed by atoms with van der Waals surface area (Å²) < 4.78 is 5.30. The van der Waals surface area contributed by atoms with Crippen molar-refractivity contribution in [3.05, 3.63) is 100 Å². The number of imide groups is 1. The summed E-state index contributed by atoms with van der Waals surface area (Å²) in [5.74, 6) is -1.59. The van der Waals surface area contributed by atoms with E-state index in [2.05, 4.69) is 12.2 Å². The maximum Gasteiger partial charge on any atom is 0.340 e. The number of amides is 2. The number of carbonyl (C=O) groups is 3. The van der Waals surface area contributed by atoms with Crippen molar-refractivity contribution < 1.29 is 19.1 Å². The van der Waals surface area contributed by atoms with Crippen molar-refractivity contribution >= 4 is 40.9 Å². The van der Waals surface area contributed by atoms with Crippen LogP contribution in [0.15, 0.2) is 88.3 Å². The number of carbonyl (C=O) groups excluding carboxylic acids is 3. The van der Waals surface area contributed by atoms with Gasteiger partial charge in [-0.25, -0.2) is 9.69 Å². The van der Waals surface area contributed by atoms with Gasteiger partial charge in [0.25, 0.3) is 11.8 Å². The van der Waals surface area contributed by atoms with Crippen LogP contribution in [0.1, 0.15) is 41.8 Å². The monoisotopic (exact) mass is 500 g/mol. The van der Waals surface area contributed by atoms with Gasteiger partial charge in [0.15, 0.2) is 0 Å². The Labute approximate surface area is 215 Å². The van der Waals surface area contributed by atoms with Crippen LogP contribution in [-0.2, 0) is 20.7 Å². The molecule has 1 aliphatic rings. The van der Waals surface area contributed by atoms with Gasteiger partial charge in [-0.15, -0.1) is 0 Å². The first-order chi connectivity index (χ1) is 17.4. The Morgan fingerprint density at radius 2 is 1.61 bits per heavy atom. The number of nitrogens with zero attached hydrogens (tertiary/aromatic N) is 1. The molecule has 6 nitrogen and oxygen atoms in total. The number of aryl methyl sites for hydroxylation is 2. The molecule has 0 saturated heterocycles. The molecule has 0 radical (unpaired) electrons. The molecule has 4 rings (SSSR count). The van der Waals surface area contributed by atoms with Crippen molar-refractivity contribution in [1.29, 1.82) is 0 Å². The first kappa shape index (κ1) is 25.3. The maximum atomic E-state index is 13.7. The zero-order valence-corrected chi connectivity index (χ0v) is 21.4. The Morgan fingerprint density at radius 1 is 0.917 bits per heavy atom. The van der Waals surface area contributed by atoms with E-state index in [1.54, 1.807) is 24.3 Å². The molecule has 3 aromatic carbocycles. The lowest BCUT2D eigenvalue weighted by molar-refractivity contribution is -0.120. The van der Waals surface area contributed by atoms with Crippen LogP contribution in [-0.4, -0.2) is 24.4 Å². The summed E-state index contributed by atoms with van der Waals surface area (Å²) in [4.78, 5) is 42.3. The molecule has 1 aliphatic heterocycles. The molecule has 0 aromatic heterocycles. The average Bonchev–Trinajstić information content (AvgIpc) is 3.12. The van der Waals surface area contributed by atoms with Gasteiger partial charge in [0.05, 0.1) is 17.9 Å². The minimum Gasteiger partial charge on any atom is -0.462 e. The number of esters is 1. The first-order valence-electron chi connectivity index (χ1n) is 11.9. The number of benzene rings is 3. The van der Waals surface area contributed by atoms with Crippen LogP contribution >= 0.6 is 11.8 Å². The minimum absolute atomic E-state index is 0.167. The molecule has 36 heavy (non-hydrogen) atoms. The van der Waals surface area contributed by atoms with Crippen LogP contribution < -0.4 is 10.2 Å². The third-order valence-corrected chi connectivity index (χ3v) is 6.81. The van der Waals surface area contributed by atoms with Crippen LogP contribution in [0.4, 0.5) is 11.4 Å². The molecule has 184 valence electrons. The van der Waals surface area contributed by atoms with Crippen molar-refractivity contribution in [2.45, 2.75) is 38.5 Å². The highest BCUT2D eigenvalue weighted by Crippen LogP contribution is 2.39. The van der Waals surface area contributed by atoms with E-state index in [1.807, 2.05) is 62.4 Å². The van der Waals surface area contributed by atoms with Crippen molar-refractivity contribution in [2.24, 2.45) is 0 Å². The van der Waals surface area contributed by atoms with E-state index in [-0.39, 0.29) is 28.5 Å². The Kier molecular flexibility index (Phi) is 7.90. The van der Waals surface area contributed by atoms with E-state index in [1.165, 1.54) is 17.3 Å². The highest BCUT2D eigenvalue weighted by atomic mass is 32.2. The molecular formula is C29H28N2O4S. The largest absolute Gasteiger partial charge is 0.462 e. The standard InChI is InChI=1S/C29H28N2O4S/c1-4-18-35-29(34)23-8-6-7-9-24(23)31-27(32)25(30-21-14-12-20(5-2)13-15-21)26(28(31)33)36-22-16-10-19(3)11-17-22/h6-17,30H,4-5,18H2,1-3H3. The third-order valence-electron chi connectivity index (χ3n) is 5.72. The molecule has 0 aliphatic carbocycles. The second-order valence-corrected chi connectivity index (χ2v) is 9.48. The predicted octanol–water partition coefficient (Wildman–Crippen LogP) is 6.11. The minimum atomic E-state index is -0.572. The van der Waals surface area contributed by atoms with Gasteiger partial charge in [-0.05, 0) is 61.7 Å². The van der Waals surface area contributed by atoms with E-state index in [0.29, 0.717) is 12.1 Å². The molecule has 1 N–H and O–H groups in total. The summed E-state index contributed by atoms with van der Waals surface area (Å²) in [6.45, 7) is 6.21. The second-order valence-electron chi connectivity index (χ2n) is 8.39. The van der Waals surface area contributed by atoms with E-state index in [4.69, 9.17) is 4.74 Å². The Morgan fingerprint density at radius 3 is 2.28 bits per heavy atom. The van der Waals surface area contributed by atoms with Gasteiger partial charge < -0.3 is 10.1 Å². The number of nitrogens with one attached hydrogen (secondary N) is 1. The van der Waals surface area contributed by atoms with Crippen LogP contribution in [0, 0.1) is 6.92 Å². The lowest BCUT2D eigenvalue weighted by atomic mass is 10.1. The molecule has 0 bridgehead atoms. The van der Waals surface area contributed by atoms with Crippen LogP contribution in [0.3, 0.4) is 0 Å². The van der Waals surface area contributed by atoms with Crippen molar-refractivity contribution in [3.8, 4) is 0 Å². The highest BCUT2D eigenvalue weighted by Gasteiger charge is 2.41. The summed E-state index contributed by atoms with van der Waals surface area (Å²) in [5.41, 5.74) is 3.50. The number of para-hydroxylation sites is 1. The van der Waals surface area contributed by atoms with Gasteiger partial charge in [0, 0.05) is 10.6 Å². The van der Waals surface area contributed by atoms with Crippen molar-refractivity contribution in [2.75, 3.05) is 16.8 Å². The maximum absolute atomic E-state index is 13.7. The molecule has 0 unspecified atom stereocenters. The predicted molar refractivity (Wildman–Crippen MR) is 143 cm³/mol. The molecule has 0 atom stereocenters. The lowest BCUT2D eigenvalue weighted by Gasteiger charge is -2.18. The molecule has 0 fully saturated rings. The number of hydrogen-bond donors (Lipinski definition) is 1. The quantitative estimate of drug-likeness (QED) is 0.282. The number of rotatable bonds is 9. The SMILES string of the molecule is CCCOC(=O)c1ccccc1N1C(=O)C(Nc2ccc(CC)cc2)=C(Sc2ccc(C)cc2)C1=O. The topological polar surface area (TPSA) is 75.7 Å². The van der Waals surface area contributed by atoms with E-state index in [9.17, 15) is 14.4 Å². The Balaban J connectivity index is 1.73. The van der Waals surface area contributed by atoms with Crippen LogP contribution in [0.25, 0.3) is 0 Å². The Hall–Kier alpha value is -3.84. The van der Waals surface area contributed by atoms with E-state index in [0.717, 1.165) is 21.8 Å². The zero-order chi connectivity index (χ0) is 25.7. The first-order valence-corrected chi connectivity index (χ1v) is 12.7. The average molecular weight is 501 g/mol. The summed E-state index contributed by atoms with van der Waals surface area (Å²) in [6, 6.07) is 22.0. The zero-order valence-electron chi connectivity index (χ0n) is 20.5. The van der Waals surface area contributed by atoms with E-state index < -0.39 is 17.8 Å². The van der Waals surface area contributed by atoms with Gasteiger partial charge in [-0.3, -0.25) is 9.59 Å². The van der Waals surface area contributed by atoms with Crippen LogP contribution in [0.2, 0.25) is 0 Å². The summed E-state index contributed by atoms with van der Waals surface area (Å²) >= 11 is 1.22. The van der Waals surface area contributed by atoms with Crippen LogP contribution in [0.5, 0.6) is 0 Å². The van der Waals surface area contributed by atoms with Gasteiger partial charge in [-0.2, -0.15) is 0 Å². The second kappa shape index (κ2) is 11.3. The summed E-state index contributed by atoms with van der Waals surface area (Å²) in [6.07, 6.45) is 1.56. The smallest absolute Gasteiger partial charge is 0.340 e. The summed E-state index contributed by atoms with van der Waals surface area (Å²) in [7, 11) is 0. The number of anilines is 2. The number of hydrogen-bond acceptors (Lipinski definition) is 6. The normalized spacial score (nSPS) is 13.4. The van der Waals surface area contributed by atoms with Gasteiger partial charge >= 0.3 is 5.97 Å². The highest BCUT2D eigenvalue weighted by molar-refractivity contribution is 8.04. The molecule has 0 spiro atoms. The van der Waals surface area contributed by atoms with Crippen molar-refractivity contribution in [1.82, 2.24) is 0 Å². The molecular weight excluding hydrogens is 472 g/mol. The van der Waals surface area contributed by atoms with Gasteiger partial charge in [0.1, 0.15) is 10.6 Å². The number of ether oxygens (including phenoxy) is 1. The Bertz CT molecular complexity index is 1310. The lowest BCUT2D eigenvalue weighted by Crippen LogP contribution is -2.33. The fourth-order valence-electron chi connectivity index (χ4n) is 3.74. The van der Waals surface area contributed by atoms with Gasteiger partial charge in [-0.1, -0.05) is 67.6 Å². The summed E-state index contributed by atoms with van der Waals surface area (Å²) in [5, 5.41) is 3.17. The van der Waals surface area contributed by atoms with Gasteiger partial charge in [0.2, 0.25) is 0 Å². The molecule has 3 aromatic rings. The fraction of sp³-hybridized carbons (Fsp3) is 0.207. The molecule has 1 heterocycles.